The number of aryl methyl sites for hydroxylation is 1. The summed E-state index contributed by atoms with van der Waals surface area (Å²) < 4.78 is 7.56. The molecule has 0 bridgehead atoms. The topological polar surface area (TPSA) is 125 Å². The quantitative estimate of drug-likeness (QED) is 0.0694. The number of esters is 1. The maximum absolute atomic E-state index is 12.1. The van der Waals surface area contributed by atoms with Crippen molar-refractivity contribution in [3.63, 3.8) is 0 Å². The molecule has 0 saturated carbocycles. The Morgan fingerprint density at radius 2 is 1.40 bits per heavy atom. The molecule has 8 nitrogen and oxygen atoms in total. The average molecular weight is 495 g/mol. The van der Waals surface area contributed by atoms with Crippen LogP contribution in [0, 0.1) is 10.1 Å². The van der Waals surface area contributed by atoms with Crippen molar-refractivity contribution in [1.29, 1.82) is 0 Å². The number of hydrogen-bond donors (Lipinski definition) is 2. The summed E-state index contributed by atoms with van der Waals surface area (Å²) in [6, 6.07) is 19.5. The predicted molar refractivity (Wildman–Crippen MR) is 132 cm³/mol. The molecule has 3 aromatic carbocycles. The average Bonchev–Trinajstić information content (AvgIpc) is 2.83. The number of ether oxygens (including phenoxy) is 1. The summed E-state index contributed by atoms with van der Waals surface area (Å²) in [5.74, 6) is -0.470. The van der Waals surface area contributed by atoms with Gasteiger partial charge in [0.25, 0.3) is 5.69 Å². The molecule has 35 heavy (non-hydrogen) atoms. The molecular weight excluding hydrogens is 468 g/mol. The van der Waals surface area contributed by atoms with Crippen LogP contribution in [0.15, 0.2) is 66.7 Å². The molecule has 0 aliphatic carbocycles. The Morgan fingerprint density at radius 3 is 1.97 bits per heavy atom. The number of benzene rings is 3. The Morgan fingerprint density at radius 1 is 0.829 bits per heavy atom. The maximum Gasteiger partial charge on any atom is 0.338 e. The smallest absolute Gasteiger partial charge is 0.338 e. The standard InChI is InChI=1S/C26H26N4O4.ClH/c27-21-9-5-19-15-20-6-10-22(28)17-25(20)29(24(19)16-21)13-3-1-2-4-14-34-26(31)18-7-11-23(12-8-18)30(32)33;/h5-12,15-17H,1-4,13-14H2,(H3,27,28);1H. The van der Waals surface area contributed by atoms with Crippen molar-refractivity contribution in [1.82, 2.24) is 0 Å². The van der Waals surface area contributed by atoms with Gasteiger partial charge >= 0.3 is 5.97 Å². The van der Waals surface area contributed by atoms with E-state index in [-0.39, 0.29) is 18.1 Å². The van der Waals surface area contributed by atoms with E-state index >= 15 is 0 Å². The third kappa shape index (κ3) is 6.16. The molecule has 0 saturated heterocycles. The molecule has 0 radical (unpaired) electrons. The molecule has 1 aromatic heterocycles. The van der Waals surface area contributed by atoms with Crippen molar-refractivity contribution in [2.75, 3.05) is 18.1 Å². The zero-order valence-corrected chi connectivity index (χ0v) is 19.9. The van der Waals surface area contributed by atoms with E-state index in [2.05, 4.69) is 10.6 Å². The molecule has 4 N–H and O–H groups in total. The molecule has 0 unspecified atom stereocenters. The minimum absolute atomic E-state index is 0. The molecular formula is C26H27ClN4O4. The van der Waals surface area contributed by atoms with Gasteiger partial charge in [-0.15, -0.1) is 0 Å². The number of unbranched alkanes of at least 4 members (excludes halogenated alkanes) is 3. The number of rotatable bonds is 9. The van der Waals surface area contributed by atoms with Gasteiger partial charge in [-0.2, -0.15) is 4.57 Å². The molecule has 1 heterocycles. The minimum Gasteiger partial charge on any atom is -1.00 e. The number of anilines is 2. The molecule has 182 valence electrons. The van der Waals surface area contributed by atoms with E-state index in [1.54, 1.807) is 0 Å². The van der Waals surface area contributed by atoms with E-state index in [0.717, 1.165) is 65.4 Å². The highest BCUT2D eigenvalue weighted by Crippen LogP contribution is 2.22. The number of nitrogens with zero attached hydrogens (tertiary/aromatic N) is 2. The van der Waals surface area contributed by atoms with Crippen molar-refractivity contribution in [2.45, 2.75) is 32.2 Å². The molecule has 9 heteroatoms. The van der Waals surface area contributed by atoms with Crippen molar-refractivity contribution in [2.24, 2.45) is 0 Å². The largest absolute Gasteiger partial charge is 1.00 e. The third-order valence-electron chi connectivity index (χ3n) is 5.82. The van der Waals surface area contributed by atoms with Gasteiger partial charge < -0.3 is 28.6 Å². The molecule has 0 aliphatic heterocycles. The van der Waals surface area contributed by atoms with Gasteiger partial charge in [0.2, 0.25) is 11.0 Å². The van der Waals surface area contributed by atoms with Gasteiger partial charge in [-0.3, -0.25) is 10.1 Å². The number of fused-ring (bicyclic) bond motifs is 2. The van der Waals surface area contributed by atoms with Crippen LogP contribution >= 0.6 is 0 Å². The highest BCUT2D eigenvalue weighted by molar-refractivity contribution is 5.91. The number of non-ortho nitro benzene ring substituents is 1. The van der Waals surface area contributed by atoms with Gasteiger partial charge in [-0.25, -0.2) is 4.79 Å². The van der Waals surface area contributed by atoms with E-state index in [0.29, 0.717) is 12.2 Å². The van der Waals surface area contributed by atoms with Crippen LogP contribution in [-0.4, -0.2) is 17.5 Å². The highest BCUT2D eigenvalue weighted by Gasteiger charge is 2.16. The van der Waals surface area contributed by atoms with Crippen LogP contribution in [0.25, 0.3) is 21.8 Å². The first-order chi connectivity index (χ1) is 16.4. The molecule has 4 aromatic rings. The zero-order valence-electron chi connectivity index (χ0n) is 19.2. The number of carbonyl (C=O) groups is 1. The molecule has 0 aliphatic rings. The lowest BCUT2D eigenvalue weighted by molar-refractivity contribution is -0.645. The van der Waals surface area contributed by atoms with E-state index < -0.39 is 10.9 Å². The Kier molecular flexibility index (Phi) is 8.43. The summed E-state index contributed by atoms with van der Waals surface area (Å²) in [5.41, 5.74) is 16.0. The lowest BCUT2D eigenvalue weighted by Gasteiger charge is -2.08. The summed E-state index contributed by atoms with van der Waals surface area (Å²) >= 11 is 0. The Balaban J connectivity index is 0.00000342. The van der Waals surface area contributed by atoms with E-state index in [4.69, 9.17) is 16.2 Å². The number of pyridine rings is 1. The maximum atomic E-state index is 12.1. The van der Waals surface area contributed by atoms with Gasteiger partial charge in [0.1, 0.15) is 6.54 Å². The second-order valence-electron chi connectivity index (χ2n) is 8.29. The number of nitrogen functional groups attached to an aromatic ring is 2. The van der Waals surface area contributed by atoms with Crippen molar-refractivity contribution < 1.29 is 31.4 Å². The van der Waals surface area contributed by atoms with Gasteiger partial charge in [0.15, 0.2) is 0 Å². The van der Waals surface area contributed by atoms with Gasteiger partial charge in [0.05, 0.1) is 17.1 Å². The molecule has 4 rings (SSSR count). The molecule has 0 amide bonds. The summed E-state index contributed by atoms with van der Waals surface area (Å²) in [5, 5.41) is 13.0. The second kappa shape index (κ2) is 11.5. The fourth-order valence-corrected chi connectivity index (χ4v) is 4.06. The SMILES string of the molecule is Nc1ccc2cc3ccc(N)cc3[n+](CCCCCCOC(=O)c3ccc([N+](=O)[O-])cc3)c2c1.[Cl-]. The summed E-state index contributed by atoms with van der Waals surface area (Å²) in [6.07, 6.45) is 3.60. The normalized spacial score (nSPS) is 10.7. The molecule has 0 fully saturated rings. The summed E-state index contributed by atoms with van der Waals surface area (Å²) in [6.45, 7) is 1.14. The minimum atomic E-state index is -0.502. The number of hydrogen-bond acceptors (Lipinski definition) is 6. The first kappa shape index (κ1) is 25.7. The zero-order chi connectivity index (χ0) is 24.1. The number of carbonyl (C=O) groups excluding carboxylic acids is 1. The van der Waals surface area contributed by atoms with Crippen molar-refractivity contribution in [3.05, 3.63) is 82.4 Å². The second-order valence-corrected chi connectivity index (χ2v) is 8.29. The lowest BCUT2D eigenvalue weighted by Crippen LogP contribution is -3.00. The van der Waals surface area contributed by atoms with E-state index in [9.17, 15) is 14.9 Å². The predicted octanol–water partition coefficient (Wildman–Crippen LogP) is 1.77. The Hall–Kier alpha value is -3.91. The van der Waals surface area contributed by atoms with Crippen LogP contribution in [0.4, 0.5) is 17.1 Å². The highest BCUT2D eigenvalue weighted by atomic mass is 35.5. The van der Waals surface area contributed by atoms with E-state index in [1.165, 1.54) is 24.3 Å². The van der Waals surface area contributed by atoms with Gasteiger partial charge in [-0.1, -0.05) is 0 Å². The van der Waals surface area contributed by atoms with Crippen molar-refractivity contribution in [3.8, 4) is 0 Å². The van der Waals surface area contributed by atoms with Crippen LogP contribution in [-0.2, 0) is 11.3 Å². The summed E-state index contributed by atoms with van der Waals surface area (Å²) in [7, 11) is 0. The summed E-state index contributed by atoms with van der Waals surface area (Å²) in [4.78, 5) is 22.3. The van der Waals surface area contributed by atoms with Gasteiger partial charge in [0, 0.05) is 52.8 Å². The van der Waals surface area contributed by atoms with Crippen LogP contribution in [0.3, 0.4) is 0 Å². The van der Waals surface area contributed by atoms with Gasteiger partial charge in [-0.05, 0) is 61.7 Å². The number of nitro benzene ring substituents is 1. The van der Waals surface area contributed by atoms with Crippen LogP contribution < -0.4 is 28.4 Å². The van der Waals surface area contributed by atoms with Crippen LogP contribution in [0.2, 0.25) is 0 Å². The monoisotopic (exact) mass is 494 g/mol. The first-order valence-corrected chi connectivity index (χ1v) is 11.3. The number of nitro groups is 1. The number of nitrogens with two attached hydrogens (primary N) is 2. The first-order valence-electron chi connectivity index (χ1n) is 11.3. The van der Waals surface area contributed by atoms with Crippen molar-refractivity contribution >= 4 is 44.8 Å². The fourth-order valence-electron chi connectivity index (χ4n) is 4.06. The third-order valence-corrected chi connectivity index (χ3v) is 5.82. The van der Waals surface area contributed by atoms with Crippen LogP contribution in [0.1, 0.15) is 36.0 Å². The lowest BCUT2D eigenvalue weighted by atomic mass is 10.1. The van der Waals surface area contributed by atoms with E-state index in [1.807, 2.05) is 36.4 Å². The number of aromatic nitrogens is 1. The molecule has 0 spiro atoms. The molecule has 0 atom stereocenters. The van der Waals surface area contributed by atoms with Crippen LogP contribution in [0.5, 0.6) is 0 Å². The Bertz CT molecular complexity index is 1300. The Labute approximate surface area is 209 Å². The fraction of sp³-hybridized carbons (Fsp3) is 0.231. The number of halogens is 1.